The molecule has 1 nitrogen and oxygen atoms in total. The number of ether oxygens (including phenoxy) is 1. The molecule has 1 fully saturated rings. The summed E-state index contributed by atoms with van der Waals surface area (Å²) < 4.78 is 4.84. The molecule has 2 unspecified atom stereocenters. The van der Waals surface area contributed by atoms with Crippen LogP contribution in [-0.2, 0) is 4.74 Å². The van der Waals surface area contributed by atoms with Crippen molar-refractivity contribution < 1.29 is 4.74 Å². The second-order valence-electron chi connectivity index (χ2n) is 2.35. The third-order valence-corrected chi connectivity index (χ3v) is 1.92. The Labute approximate surface area is 44.7 Å². The minimum atomic E-state index is 0.458. The van der Waals surface area contributed by atoms with Crippen molar-refractivity contribution in [3.05, 3.63) is 7.11 Å². The molecule has 0 heterocycles. The van der Waals surface area contributed by atoms with E-state index in [0.717, 1.165) is 11.8 Å². The van der Waals surface area contributed by atoms with Crippen molar-refractivity contribution in [1.82, 2.24) is 0 Å². The van der Waals surface area contributed by atoms with Gasteiger partial charge in [0, 0.05) is 0 Å². The van der Waals surface area contributed by atoms with Gasteiger partial charge in [-0.3, -0.25) is 0 Å². The molecule has 0 N–H and O–H groups in total. The van der Waals surface area contributed by atoms with Gasteiger partial charge in [-0.1, -0.05) is 13.8 Å². The van der Waals surface area contributed by atoms with Crippen molar-refractivity contribution in [2.45, 2.75) is 20.0 Å². The molecule has 0 spiro atoms. The predicted octanol–water partition coefficient (Wildman–Crippen LogP) is 1.45. The maximum absolute atomic E-state index is 4.84. The fraction of sp³-hybridized carbons (Fsp3) is 0.833. The summed E-state index contributed by atoms with van der Waals surface area (Å²) in [4.78, 5) is 0. The first-order chi connectivity index (χ1) is 3.27. The highest BCUT2D eigenvalue weighted by molar-refractivity contribution is 4.92. The molecule has 0 saturated heterocycles. The Balaban J connectivity index is 2.24. The fourth-order valence-corrected chi connectivity index (χ4v) is 0.921. The molecule has 0 aliphatic heterocycles. The van der Waals surface area contributed by atoms with E-state index in [0.29, 0.717) is 6.10 Å². The molecule has 0 bridgehead atoms. The highest BCUT2D eigenvalue weighted by atomic mass is 16.5. The van der Waals surface area contributed by atoms with Gasteiger partial charge >= 0.3 is 0 Å². The Morgan fingerprint density at radius 3 is 1.71 bits per heavy atom. The van der Waals surface area contributed by atoms with Crippen LogP contribution in [0.2, 0.25) is 0 Å². The number of hydrogen-bond acceptors (Lipinski definition) is 1. The van der Waals surface area contributed by atoms with Crippen LogP contribution in [-0.4, -0.2) is 6.10 Å². The van der Waals surface area contributed by atoms with Crippen molar-refractivity contribution in [1.29, 1.82) is 0 Å². The first kappa shape index (κ1) is 5.10. The monoisotopic (exact) mass is 99.1 g/mol. The lowest BCUT2D eigenvalue weighted by atomic mass is 10.4. The van der Waals surface area contributed by atoms with Gasteiger partial charge in [-0.15, -0.1) is 0 Å². The zero-order valence-electron chi connectivity index (χ0n) is 4.85. The van der Waals surface area contributed by atoms with Crippen LogP contribution in [0.1, 0.15) is 13.8 Å². The topological polar surface area (TPSA) is 9.23 Å². The summed E-state index contributed by atoms with van der Waals surface area (Å²) >= 11 is 0. The summed E-state index contributed by atoms with van der Waals surface area (Å²) in [5.41, 5.74) is 0. The van der Waals surface area contributed by atoms with E-state index in [1.54, 1.807) is 0 Å². The van der Waals surface area contributed by atoms with Crippen LogP contribution in [0.15, 0.2) is 0 Å². The Morgan fingerprint density at radius 1 is 1.29 bits per heavy atom. The number of hydrogen-bond donors (Lipinski definition) is 0. The third-order valence-electron chi connectivity index (χ3n) is 1.92. The van der Waals surface area contributed by atoms with E-state index >= 15 is 0 Å². The molecule has 41 valence electrons. The smallest absolute Gasteiger partial charge is 0.0704 e. The Kier molecular flexibility index (Phi) is 1.08. The summed E-state index contributed by atoms with van der Waals surface area (Å²) in [6.07, 6.45) is 0.458. The van der Waals surface area contributed by atoms with E-state index < -0.39 is 0 Å². The maximum atomic E-state index is 4.84. The molecule has 0 amide bonds. The largest absolute Gasteiger partial charge is 0.375 e. The zero-order valence-corrected chi connectivity index (χ0v) is 4.85. The molecule has 7 heavy (non-hydrogen) atoms. The van der Waals surface area contributed by atoms with Crippen LogP contribution < -0.4 is 0 Å². The molecule has 2 atom stereocenters. The van der Waals surface area contributed by atoms with E-state index in [9.17, 15) is 0 Å². The van der Waals surface area contributed by atoms with E-state index in [4.69, 9.17) is 4.74 Å². The van der Waals surface area contributed by atoms with Gasteiger partial charge in [0.2, 0.25) is 0 Å². The molecular formula is C6H11O. The average molecular weight is 99.2 g/mol. The second-order valence-corrected chi connectivity index (χ2v) is 2.35. The Hall–Kier alpha value is -0.0400. The van der Waals surface area contributed by atoms with E-state index in [1.165, 1.54) is 0 Å². The van der Waals surface area contributed by atoms with Gasteiger partial charge in [-0.2, -0.15) is 0 Å². The van der Waals surface area contributed by atoms with Crippen LogP contribution in [0.5, 0.6) is 0 Å². The summed E-state index contributed by atoms with van der Waals surface area (Å²) in [6.45, 7) is 4.36. The SMILES string of the molecule is [CH2]OC1C(C)C1C. The maximum Gasteiger partial charge on any atom is 0.0704 e. The van der Waals surface area contributed by atoms with E-state index in [-0.39, 0.29) is 0 Å². The van der Waals surface area contributed by atoms with Crippen molar-refractivity contribution in [2.24, 2.45) is 11.8 Å². The second kappa shape index (κ2) is 1.48. The molecule has 1 radical (unpaired) electrons. The van der Waals surface area contributed by atoms with Crippen LogP contribution in [0.4, 0.5) is 0 Å². The highest BCUT2D eigenvalue weighted by Gasteiger charge is 2.42. The van der Waals surface area contributed by atoms with Crippen molar-refractivity contribution in [3.63, 3.8) is 0 Å². The van der Waals surface area contributed by atoms with Crippen LogP contribution in [0, 0.1) is 18.9 Å². The molecular weight excluding hydrogens is 88.1 g/mol. The minimum absolute atomic E-state index is 0.458. The third kappa shape index (κ3) is 0.653. The summed E-state index contributed by atoms with van der Waals surface area (Å²) in [7, 11) is 3.35. The summed E-state index contributed by atoms with van der Waals surface area (Å²) in [5.74, 6) is 1.50. The summed E-state index contributed by atoms with van der Waals surface area (Å²) in [6, 6.07) is 0. The van der Waals surface area contributed by atoms with Gasteiger partial charge < -0.3 is 4.74 Å². The molecule has 0 aromatic carbocycles. The van der Waals surface area contributed by atoms with Gasteiger partial charge in [0.1, 0.15) is 0 Å². The molecule has 0 aromatic rings. The number of rotatable bonds is 1. The first-order valence-corrected chi connectivity index (χ1v) is 2.68. The van der Waals surface area contributed by atoms with E-state index in [1.807, 2.05) is 0 Å². The quantitative estimate of drug-likeness (QED) is 0.483. The highest BCUT2D eigenvalue weighted by Crippen LogP contribution is 2.40. The minimum Gasteiger partial charge on any atom is -0.375 e. The van der Waals surface area contributed by atoms with Crippen LogP contribution in [0.3, 0.4) is 0 Å². The Morgan fingerprint density at radius 2 is 1.71 bits per heavy atom. The van der Waals surface area contributed by atoms with Gasteiger partial charge in [0.25, 0.3) is 0 Å². The standard InChI is InChI=1S/C6H11O/c1-4-5(2)6(4)7-3/h4-6H,3H2,1-2H3. The van der Waals surface area contributed by atoms with Crippen LogP contribution in [0.25, 0.3) is 0 Å². The van der Waals surface area contributed by atoms with Crippen molar-refractivity contribution >= 4 is 0 Å². The lowest BCUT2D eigenvalue weighted by Gasteiger charge is -1.85. The van der Waals surface area contributed by atoms with Crippen molar-refractivity contribution in [3.8, 4) is 0 Å². The molecule has 1 aliphatic carbocycles. The van der Waals surface area contributed by atoms with Gasteiger partial charge in [0.05, 0.1) is 13.2 Å². The Bertz CT molecular complexity index is 62.6. The summed E-state index contributed by atoms with van der Waals surface area (Å²) in [5, 5.41) is 0. The molecule has 1 rings (SSSR count). The van der Waals surface area contributed by atoms with Gasteiger partial charge in [-0.05, 0) is 11.8 Å². The molecule has 0 aromatic heterocycles. The van der Waals surface area contributed by atoms with Gasteiger partial charge in [0.15, 0.2) is 0 Å². The zero-order chi connectivity index (χ0) is 5.44. The van der Waals surface area contributed by atoms with E-state index in [2.05, 4.69) is 21.0 Å². The van der Waals surface area contributed by atoms with Crippen molar-refractivity contribution in [2.75, 3.05) is 0 Å². The van der Waals surface area contributed by atoms with Gasteiger partial charge in [-0.25, -0.2) is 0 Å². The molecule has 1 heteroatoms. The first-order valence-electron chi connectivity index (χ1n) is 2.68. The normalized spacial score (nSPS) is 49.3. The molecule has 1 aliphatic rings. The lowest BCUT2D eigenvalue weighted by Crippen LogP contribution is -1.85. The molecule has 1 saturated carbocycles. The average Bonchev–Trinajstić information content (AvgIpc) is 2.17. The lowest BCUT2D eigenvalue weighted by molar-refractivity contribution is 0.204. The predicted molar refractivity (Wildman–Crippen MR) is 28.6 cm³/mol. The fourth-order valence-electron chi connectivity index (χ4n) is 0.921. The van der Waals surface area contributed by atoms with Crippen LogP contribution >= 0.6 is 0 Å².